The highest BCUT2D eigenvalue weighted by Gasteiger charge is 2.40. The molecule has 0 radical (unpaired) electrons. The van der Waals surface area contributed by atoms with E-state index in [9.17, 15) is 9.59 Å². The zero-order valence-electron chi connectivity index (χ0n) is 24.6. The first-order chi connectivity index (χ1) is 18.4. The Balaban J connectivity index is 2.28. The van der Waals surface area contributed by atoms with Crippen LogP contribution in [0.3, 0.4) is 0 Å². The third-order valence-corrected chi connectivity index (χ3v) is 11.8. The Morgan fingerprint density at radius 3 is 1.41 bits per heavy atom. The summed E-state index contributed by atoms with van der Waals surface area (Å²) in [5, 5.41) is -0.0310. The largest absolute Gasteiger partial charge is 0.469 e. The van der Waals surface area contributed by atoms with E-state index in [2.05, 4.69) is 33.9 Å². The second-order valence-corrected chi connectivity index (χ2v) is 16.1. The average molecular weight is 559 g/mol. The number of carbonyl (C=O) groups is 2. The summed E-state index contributed by atoms with van der Waals surface area (Å²) in [4.78, 5) is 24.6. The molecule has 7 nitrogen and oxygen atoms in total. The van der Waals surface area contributed by atoms with Gasteiger partial charge < -0.3 is 23.4 Å². The molecule has 8 heteroatoms. The van der Waals surface area contributed by atoms with Gasteiger partial charge in [0.05, 0.1) is 58.6 Å². The summed E-state index contributed by atoms with van der Waals surface area (Å²) in [5.74, 6) is -0.684. The molecule has 0 amide bonds. The number of ether oxygens (including phenoxy) is 4. The van der Waals surface area contributed by atoms with Crippen LogP contribution in [0.2, 0.25) is 18.1 Å². The SMILES string of the molecule is COC(=O)C[C@H](CC(C[C@@H](CC(=O)OC)OCc1ccccc1)O[Si](C)(C)C(C)(C)C)OCc1ccccc1. The maximum absolute atomic E-state index is 12.3. The van der Waals surface area contributed by atoms with Crippen molar-refractivity contribution in [3.63, 3.8) is 0 Å². The summed E-state index contributed by atoms with van der Waals surface area (Å²) in [6.45, 7) is 11.7. The number of carbonyl (C=O) groups excluding carboxylic acids is 2. The highest BCUT2D eigenvalue weighted by molar-refractivity contribution is 6.74. The minimum absolute atomic E-state index is 0.0310. The smallest absolute Gasteiger partial charge is 0.308 e. The lowest BCUT2D eigenvalue weighted by atomic mass is 10.0. The van der Waals surface area contributed by atoms with Gasteiger partial charge in [0.1, 0.15) is 0 Å². The summed E-state index contributed by atoms with van der Waals surface area (Å²) < 4.78 is 29.3. The molecule has 0 saturated carbocycles. The molecule has 0 N–H and O–H groups in total. The van der Waals surface area contributed by atoms with E-state index in [1.54, 1.807) is 0 Å². The second kappa shape index (κ2) is 15.9. The van der Waals surface area contributed by atoms with Crippen molar-refractivity contribution in [1.29, 1.82) is 0 Å². The molecule has 0 aliphatic heterocycles. The fourth-order valence-electron chi connectivity index (χ4n) is 3.91. The molecule has 39 heavy (non-hydrogen) atoms. The zero-order valence-corrected chi connectivity index (χ0v) is 25.6. The van der Waals surface area contributed by atoms with Gasteiger partial charge in [-0.25, -0.2) is 0 Å². The van der Waals surface area contributed by atoms with E-state index in [-0.39, 0.29) is 35.9 Å². The molecule has 216 valence electrons. The van der Waals surface area contributed by atoms with Crippen LogP contribution in [0.4, 0.5) is 0 Å². The number of hydrogen-bond donors (Lipinski definition) is 0. The van der Waals surface area contributed by atoms with Crippen molar-refractivity contribution in [3.8, 4) is 0 Å². The van der Waals surface area contributed by atoms with E-state index >= 15 is 0 Å². The Labute approximate surface area is 235 Å². The Bertz CT molecular complexity index is 922. The van der Waals surface area contributed by atoms with Crippen molar-refractivity contribution in [3.05, 3.63) is 71.8 Å². The quantitative estimate of drug-likeness (QED) is 0.173. The third kappa shape index (κ3) is 12.0. The minimum atomic E-state index is -2.22. The molecule has 0 spiro atoms. The monoisotopic (exact) mass is 558 g/mol. The molecule has 0 bridgehead atoms. The van der Waals surface area contributed by atoms with Crippen LogP contribution in [0.5, 0.6) is 0 Å². The van der Waals surface area contributed by atoms with Crippen LogP contribution in [0.15, 0.2) is 60.7 Å². The highest BCUT2D eigenvalue weighted by Crippen LogP contribution is 2.38. The lowest BCUT2D eigenvalue weighted by Crippen LogP contribution is -2.46. The Kier molecular flexibility index (Phi) is 13.3. The molecule has 0 saturated heterocycles. The number of hydrogen-bond acceptors (Lipinski definition) is 7. The first-order valence-corrected chi connectivity index (χ1v) is 16.5. The van der Waals surface area contributed by atoms with Crippen LogP contribution in [0, 0.1) is 0 Å². The van der Waals surface area contributed by atoms with Crippen molar-refractivity contribution in [2.75, 3.05) is 14.2 Å². The summed E-state index contributed by atoms with van der Waals surface area (Å²) in [5.41, 5.74) is 2.04. The van der Waals surface area contributed by atoms with E-state index in [0.29, 0.717) is 26.1 Å². The van der Waals surface area contributed by atoms with Gasteiger partial charge in [0, 0.05) is 0 Å². The summed E-state index contributed by atoms with van der Waals surface area (Å²) in [6, 6.07) is 19.7. The van der Waals surface area contributed by atoms with Gasteiger partial charge in [0.2, 0.25) is 0 Å². The van der Waals surface area contributed by atoms with Crippen LogP contribution in [-0.2, 0) is 46.2 Å². The molecular weight excluding hydrogens is 512 g/mol. The van der Waals surface area contributed by atoms with Gasteiger partial charge >= 0.3 is 11.9 Å². The lowest BCUT2D eigenvalue weighted by molar-refractivity contribution is -0.144. The van der Waals surface area contributed by atoms with E-state index in [1.165, 1.54) is 14.2 Å². The zero-order chi connectivity index (χ0) is 28.9. The molecule has 0 aliphatic carbocycles. The molecule has 0 unspecified atom stereocenters. The van der Waals surface area contributed by atoms with Gasteiger partial charge in [0.25, 0.3) is 0 Å². The molecule has 0 aromatic heterocycles. The number of esters is 2. The maximum Gasteiger partial charge on any atom is 0.308 e. The predicted octanol–water partition coefficient (Wildman–Crippen LogP) is 6.45. The van der Waals surface area contributed by atoms with Crippen LogP contribution in [0.1, 0.15) is 57.6 Å². The van der Waals surface area contributed by atoms with Crippen molar-refractivity contribution in [2.24, 2.45) is 0 Å². The first kappa shape index (κ1) is 32.7. The Morgan fingerprint density at radius 2 is 1.08 bits per heavy atom. The number of benzene rings is 2. The third-order valence-electron chi connectivity index (χ3n) is 7.22. The van der Waals surface area contributed by atoms with E-state index < -0.39 is 20.5 Å². The second-order valence-electron chi connectivity index (χ2n) is 11.4. The van der Waals surface area contributed by atoms with Crippen LogP contribution >= 0.6 is 0 Å². The van der Waals surface area contributed by atoms with Crippen molar-refractivity contribution in [2.45, 2.75) is 96.1 Å². The first-order valence-electron chi connectivity index (χ1n) is 13.6. The van der Waals surface area contributed by atoms with Gasteiger partial charge in [0.15, 0.2) is 8.32 Å². The highest BCUT2D eigenvalue weighted by atomic mass is 28.4. The molecule has 0 fully saturated rings. The van der Waals surface area contributed by atoms with E-state index in [4.69, 9.17) is 23.4 Å². The van der Waals surface area contributed by atoms with Crippen molar-refractivity contribution in [1.82, 2.24) is 0 Å². The number of methoxy groups -OCH3 is 2. The molecule has 2 atom stereocenters. The van der Waals surface area contributed by atoms with Crippen molar-refractivity contribution >= 4 is 20.3 Å². The minimum Gasteiger partial charge on any atom is -0.469 e. The summed E-state index contributed by atoms with van der Waals surface area (Å²) >= 11 is 0. The van der Waals surface area contributed by atoms with Gasteiger partial charge in [-0.1, -0.05) is 81.4 Å². The Hall–Kier alpha value is -2.52. The average Bonchev–Trinajstić information content (AvgIpc) is 2.90. The molecule has 0 aliphatic rings. The van der Waals surface area contributed by atoms with Crippen LogP contribution < -0.4 is 0 Å². The standard InChI is InChI=1S/C31H46O7Si/c1-31(2,3)39(6,7)38-28(18-26(20-29(32)34-4)36-22-24-14-10-8-11-15-24)19-27(21-30(33)35-5)37-23-25-16-12-9-13-17-25/h8-17,26-28H,18-23H2,1-7H3/t26-,27-/m0/s1. The topological polar surface area (TPSA) is 80.3 Å². The molecular formula is C31H46O7Si. The van der Waals surface area contributed by atoms with E-state index in [0.717, 1.165) is 11.1 Å². The fraction of sp³-hybridized carbons (Fsp3) is 0.548. The fourth-order valence-corrected chi connectivity index (χ4v) is 5.29. The molecule has 2 aromatic carbocycles. The van der Waals surface area contributed by atoms with Crippen LogP contribution in [0.25, 0.3) is 0 Å². The van der Waals surface area contributed by atoms with Crippen molar-refractivity contribution < 1.29 is 33.0 Å². The summed E-state index contributed by atoms with van der Waals surface area (Å²) in [7, 11) is 0.543. The predicted molar refractivity (Wildman–Crippen MR) is 155 cm³/mol. The van der Waals surface area contributed by atoms with Gasteiger partial charge in [-0.3, -0.25) is 9.59 Å². The molecule has 0 heterocycles. The van der Waals surface area contributed by atoms with E-state index in [1.807, 2.05) is 60.7 Å². The van der Waals surface area contributed by atoms with Gasteiger partial charge in [-0.15, -0.1) is 0 Å². The van der Waals surface area contributed by atoms with Crippen LogP contribution in [-0.4, -0.2) is 52.8 Å². The normalized spacial score (nSPS) is 13.6. The summed E-state index contributed by atoms with van der Waals surface area (Å²) in [6.07, 6.45) is -0.0374. The van der Waals surface area contributed by atoms with Gasteiger partial charge in [-0.2, -0.15) is 0 Å². The number of rotatable bonds is 16. The molecule has 2 rings (SSSR count). The lowest BCUT2D eigenvalue weighted by Gasteiger charge is -2.40. The van der Waals surface area contributed by atoms with Gasteiger partial charge in [-0.05, 0) is 42.1 Å². The maximum atomic E-state index is 12.3. The molecule has 2 aromatic rings. The Morgan fingerprint density at radius 1 is 0.692 bits per heavy atom.